The molecule has 0 radical (unpaired) electrons. The molecule has 2 aromatic heterocycles. The predicted molar refractivity (Wildman–Crippen MR) is 171 cm³/mol. The molecule has 2 N–H and O–H groups in total. The summed E-state index contributed by atoms with van der Waals surface area (Å²) >= 11 is 0. The van der Waals surface area contributed by atoms with Crippen molar-refractivity contribution < 1.29 is 19.3 Å². The number of azo groups is 2. The van der Waals surface area contributed by atoms with E-state index in [1.807, 2.05) is 110 Å². The molecule has 6 aromatic rings. The SMILES string of the molecule is Oc1ccc2ccccc2c1N=Nc1cc[n+](CCCCCC[n+]2ccc(/N=N/c3c(O)ccc4ccccc34)cc2)cc1. The van der Waals surface area contributed by atoms with Gasteiger partial charge in [0.1, 0.15) is 36.0 Å². The Morgan fingerprint density at radius 1 is 0.432 bits per heavy atom. The number of aryl methyl sites for hydroxylation is 2. The van der Waals surface area contributed by atoms with Crippen LogP contribution in [0.3, 0.4) is 0 Å². The zero-order chi connectivity index (χ0) is 30.1. The highest BCUT2D eigenvalue weighted by molar-refractivity contribution is 5.96. The molecular formula is C36H34N6O2+2. The van der Waals surface area contributed by atoms with Crippen LogP contribution in [0.1, 0.15) is 25.7 Å². The van der Waals surface area contributed by atoms with Crippen molar-refractivity contribution in [3.8, 4) is 11.5 Å². The summed E-state index contributed by atoms with van der Waals surface area (Å²) in [7, 11) is 0. The Labute approximate surface area is 255 Å². The molecule has 0 aliphatic heterocycles. The minimum atomic E-state index is 0.120. The van der Waals surface area contributed by atoms with E-state index in [-0.39, 0.29) is 11.5 Å². The van der Waals surface area contributed by atoms with Crippen molar-refractivity contribution in [2.24, 2.45) is 20.5 Å². The molecule has 0 saturated carbocycles. The third-order valence-corrected chi connectivity index (χ3v) is 7.62. The molecule has 0 unspecified atom stereocenters. The van der Waals surface area contributed by atoms with E-state index < -0.39 is 0 Å². The first-order chi connectivity index (χ1) is 21.6. The zero-order valence-corrected chi connectivity index (χ0v) is 24.4. The first-order valence-electron chi connectivity index (χ1n) is 14.9. The third kappa shape index (κ3) is 6.93. The van der Waals surface area contributed by atoms with Crippen LogP contribution in [0.15, 0.2) is 142 Å². The first-order valence-corrected chi connectivity index (χ1v) is 14.9. The lowest BCUT2D eigenvalue weighted by Gasteiger charge is -2.03. The molecule has 4 aromatic carbocycles. The largest absolute Gasteiger partial charge is 0.506 e. The van der Waals surface area contributed by atoms with Gasteiger partial charge in [0, 0.05) is 47.9 Å². The Balaban J connectivity index is 0.934. The molecule has 0 saturated heterocycles. The molecule has 6 rings (SSSR count). The predicted octanol–water partition coefficient (Wildman–Crippen LogP) is 9.07. The molecular weight excluding hydrogens is 548 g/mol. The minimum Gasteiger partial charge on any atom is -0.506 e. The van der Waals surface area contributed by atoms with Crippen LogP contribution in [0.4, 0.5) is 22.7 Å². The molecule has 0 bridgehead atoms. The number of nitrogens with zero attached hydrogens (tertiary/aromatic N) is 6. The van der Waals surface area contributed by atoms with Gasteiger partial charge < -0.3 is 10.2 Å². The second-order valence-electron chi connectivity index (χ2n) is 10.7. The number of aromatic nitrogens is 2. The van der Waals surface area contributed by atoms with Crippen molar-refractivity contribution in [3.05, 3.63) is 122 Å². The van der Waals surface area contributed by atoms with Crippen LogP contribution >= 0.6 is 0 Å². The summed E-state index contributed by atoms with van der Waals surface area (Å²) in [5.41, 5.74) is 2.45. The average molecular weight is 583 g/mol. The van der Waals surface area contributed by atoms with Crippen molar-refractivity contribution in [1.29, 1.82) is 0 Å². The van der Waals surface area contributed by atoms with Gasteiger partial charge in [-0.1, -0.05) is 60.7 Å². The van der Waals surface area contributed by atoms with Crippen molar-refractivity contribution in [3.63, 3.8) is 0 Å². The summed E-state index contributed by atoms with van der Waals surface area (Å²) in [6, 6.07) is 30.5. The van der Waals surface area contributed by atoms with Crippen molar-refractivity contribution in [2.45, 2.75) is 38.8 Å². The minimum absolute atomic E-state index is 0.120. The molecule has 8 heteroatoms. The maximum Gasteiger partial charge on any atom is 0.171 e. The second kappa shape index (κ2) is 13.6. The van der Waals surface area contributed by atoms with E-state index in [0.29, 0.717) is 11.4 Å². The highest BCUT2D eigenvalue weighted by Gasteiger charge is 2.08. The molecule has 0 spiro atoms. The smallest absolute Gasteiger partial charge is 0.171 e. The number of fused-ring (bicyclic) bond motifs is 2. The van der Waals surface area contributed by atoms with E-state index in [1.165, 1.54) is 0 Å². The van der Waals surface area contributed by atoms with Crippen LogP contribution in [-0.2, 0) is 13.1 Å². The van der Waals surface area contributed by atoms with Crippen molar-refractivity contribution >= 4 is 44.3 Å². The van der Waals surface area contributed by atoms with Crippen LogP contribution in [-0.4, -0.2) is 10.2 Å². The quantitative estimate of drug-likeness (QED) is 0.0905. The van der Waals surface area contributed by atoms with E-state index in [1.54, 1.807) is 12.1 Å². The highest BCUT2D eigenvalue weighted by Crippen LogP contribution is 2.37. The number of unbranched alkanes of at least 4 members (excludes halogenated alkanes) is 3. The fraction of sp³-hybridized carbons (Fsp3) is 0.167. The second-order valence-corrected chi connectivity index (χ2v) is 10.7. The van der Waals surface area contributed by atoms with Crippen molar-refractivity contribution in [1.82, 2.24) is 0 Å². The lowest BCUT2D eigenvalue weighted by molar-refractivity contribution is -0.698. The van der Waals surface area contributed by atoms with Gasteiger partial charge in [-0.05, 0) is 35.7 Å². The highest BCUT2D eigenvalue weighted by atomic mass is 16.3. The maximum atomic E-state index is 10.3. The van der Waals surface area contributed by atoms with Crippen LogP contribution in [0.25, 0.3) is 21.5 Å². The van der Waals surface area contributed by atoms with Gasteiger partial charge in [-0.25, -0.2) is 9.13 Å². The van der Waals surface area contributed by atoms with Crippen LogP contribution < -0.4 is 9.13 Å². The Bertz CT molecular complexity index is 1790. The molecule has 44 heavy (non-hydrogen) atoms. The van der Waals surface area contributed by atoms with E-state index in [0.717, 1.165) is 71.7 Å². The van der Waals surface area contributed by atoms with E-state index in [2.05, 4.69) is 29.6 Å². The van der Waals surface area contributed by atoms with Gasteiger partial charge in [0.25, 0.3) is 0 Å². The Morgan fingerprint density at radius 3 is 1.27 bits per heavy atom. The molecule has 8 nitrogen and oxygen atoms in total. The van der Waals surface area contributed by atoms with Crippen LogP contribution in [0, 0.1) is 0 Å². The lowest BCUT2D eigenvalue weighted by atomic mass is 10.1. The fourth-order valence-corrected chi connectivity index (χ4v) is 5.19. The molecule has 0 fully saturated rings. The summed E-state index contributed by atoms with van der Waals surface area (Å²) < 4.78 is 4.32. The summed E-state index contributed by atoms with van der Waals surface area (Å²) in [5.74, 6) is 0.241. The third-order valence-electron chi connectivity index (χ3n) is 7.62. The van der Waals surface area contributed by atoms with Gasteiger partial charge in [-0.2, -0.15) is 0 Å². The van der Waals surface area contributed by atoms with Gasteiger partial charge >= 0.3 is 0 Å². The normalized spacial score (nSPS) is 11.7. The number of hydrogen-bond donors (Lipinski definition) is 2. The summed E-state index contributed by atoms with van der Waals surface area (Å²) in [6.45, 7) is 1.89. The first kappa shape index (κ1) is 28.6. The number of phenols is 2. The molecule has 0 amide bonds. The van der Waals surface area contributed by atoms with E-state index >= 15 is 0 Å². The van der Waals surface area contributed by atoms with Crippen molar-refractivity contribution in [2.75, 3.05) is 0 Å². The Hall–Kier alpha value is -5.50. The van der Waals surface area contributed by atoms with Gasteiger partial charge in [-0.3, -0.25) is 0 Å². The monoisotopic (exact) mass is 582 g/mol. The molecule has 2 heterocycles. The maximum absolute atomic E-state index is 10.3. The standard InChI is InChI=1S/C36H32N6O2/c43-33-15-13-27-9-3-5-11-31(27)35(33)39-37-29-17-23-41(24-18-29)21-7-1-2-8-22-42-25-19-30(20-26-42)38-40-36-32-12-6-4-10-28(32)14-16-34(36)44/h3-6,9-20,23-26H,1-2,7-8,21-22H2/p+2. The Morgan fingerprint density at radius 2 is 0.841 bits per heavy atom. The van der Waals surface area contributed by atoms with E-state index in [4.69, 9.17) is 0 Å². The molecule has 0 atom stereocenters. The molecule has 0 aliphatic rings. The summed E-state index contributed by atoms with van der Waals surface area (Å²) in [4.78, 5) is 0. The number of phenolic OH excluding ortho intramolecular Hbond substituents is 2. The number of rotatable bonds is 11. The van der Waals surface area contributed by atoms with Gasteiger partial charge in [-0.15, -0.1) is 20.5 Å². The molecule has 0 aliphatic carbocycles. The van der Waals surface area contributed by atoms with Gasteiger partial charge in [0.05, 0.1) is 11.4 Å². The number of pyridine rings is 2. The number of aromatic hydroxyl groups is 2. The number of benzene rings is 4. The lowest BCUT2D eigenvalue weighted by Crippen LogP contribution is -2.33. The van der Waals surface area contributed by atoms with Crippen LogP contribution in [0.5, 0.6) is 11.5 Å². The summed E-state index contributed by atoms with van der Waals surface area (Å²) in [5, 5.41) is 41.7. The average Bonchev–Trinajstić information content (AvgIpc) is 3.06. The van der Waals surface area contributed by atoms with Crippen LogP contribution in [0.2, 0.25) is 0 Å². The summed E-state index contributed by atoms with van der Waals surface area (Å²) in [6.07, 6.45) is 12.6. The Kier molecular flexibility index (Phi) is 8.88. The fourth-order valence-electron chi connectivity index (χ4n) is 5.19. The topological polar surface area (TPSA) is 97.7 Å². The molecule has 218 valence electrons. The van der Waals surface area contributed by atoms with Gasteiger partial charge in [0.15, 0.2) is 24.8 Å². The van der Waals surface area contributed by atoms with Gasteiger partial charge in [0.2, 0.25) is 0 Å². The van der Waals surface area contributed by atoms with E-state index in [9.17, 15) is 10.2 Å². The number of hydrogen-bond acceptors (Lipinski definition) is 6. The zero-order valence-electron chi connectivity index (χ0n) is 24.4.